The Morgan fingerprint density at radius 2 is 1.96 bits per heavy atom. The highest BCUT2D eigenvalue weighted by Gasteiger charge is 2.40. The number of aliphatic carboxylic acids is 1. The zero-order valence-corrected chi connectivity index (χ0v) is 16.1. The van der Waals surface area contributed by atoms with E-state index in [2.05, 4.69) is 32.2 Å². The van der Waals surface area contributed by atoms with Crippen LogP contribution in [0.2, 0.25) is 0 Å². The van der Waals surface area contributed by atoms with Gasteiger partial charge in [-0.3, -0.25) is 9.59 Å². The van der Waals surface area contributed by atoms with Crippen LogP contribution in [0.25, 0.3) is 11.0 Å². The zero-order valence-electron chi connectivity index (χ0n) is 16.1. The van der Waals surface area contributed by atoms with Gasteiger partial charge in [-0.15, -0.1) is 0 Å². The summed E-state index contributed by atoms with van der Waals surface area (Å²) in [6, 6.07) is 4.10. The lowest BCUT2D eigenvalue weighted by atomic mass is 9.80. The summed E-state index contributed by atoms with van der Waals surface area (Å²) in [6.45, 7) is 7.27. The molecule has 1 fully saturated rings. The molecule has 0 radical (unpaired) electrons. The van der Waals surface area contributed by atoms with Crippen molar-refractivity contribution in [2.24, 2.45) is 5.41 Å². The minimum absolute atomic E-state index is 0.122. The largest absolute Gasteiger partial charge is 0.481 e. The van der Waals surface area contributed by atoms with Crippen molar-refractivity contribution in [1.29, 1.82) is 0 Å². The van der Waals surface area contributed by atoms with E-state index in [0.29, 0.717) is 32.0 Å². The summed E-state index contributed by atoms with van der Waals surface area (Å²) in [5, 5.41) is 13.3. The van der Waals surface area contributed by atoms with E-state index in [9.17, 15) is 14.7 Å². The zero-order chi connectivity index (χ0) is 19.6. The maximum atomic E-state index is 12.5. The molecule has 3 rings (SSSR count). The minimum Gasteiger partial charge on any atom is -0.481 e. The number of nitrogens with one attached hydrogen (secondary N) is 1. The summed E-state index contributed by atoms with van der Waals surface area (Å²) in [7, 11) is 0. The van der Waals surface area contributed by atoms with E-state index in [1.165, 1.54) is 11.1 Å². The molecule has 2 aromatic rings. The van der Waals surface area contributed by atoms with Gasteiger partial charge >= 0.3 is 5.97 Å². The number of hydrogen-bond donors (Lipinski definition) is 2. The van der Waals surface area contributed by atoms with Crippen LogP contribution in [0.5, 0.6) is 0 Å². The second-order valence-corrected chi connectivity index (χ2v) is 7.77. The lowest BCUT2D eigenvalue weighted by Gasteiger charge is -2.33. The van der Waals surface area contributed by atoms with Crippen LogP contribution >= 0.6 is 0 Å². The molecular formula is C21H27NO5. The van der Waals surface area contributed by atoms with Crippen LogP contribution in [-0.4, -0.2) is 36.7 Å². The van der Waals surface area contributed by atoms with Gasteiger partial charge in [0, 0.05) is 30.7 Å². The Kier molecular flexibility index (Phi) is 5.56. The number of aryl methyl sites for hydroxylation is 1. The van der Waals surface area contributed by atoms with Gasteiger partial charge in [-0.25, -0.2) is 0 Å². The van der Waals surface area contributed by atoms with Crippen LogP contribution in [0, 0.1) is 12.3 Å². The van der Waals surface area contributed by atoms with Crippen LogP contribution in [0.15, 0.2) is 22.8 Å². The van der Waals surface area contributed by atoms with Gasteiger partial charge in [0.25, 0.3) is 0 Å². The van der Waals surface area contributed by atoms with Crippen molar-refractivity contribution < 1.29 is 23.8 Å². The van der Waals surface area contributed by atoms with Gasteiger partial charge in [0.05, 0.1) is 18.1 Å². The third-order valence-electron chi connectivity index (χ3n) is 5.54. The molecule has 1 aromatic carbocycles. The fourth-order valence-corrected chi connectivity index (χ4v) is 3.74. The Labute approximate surface area is 158 Å². The van der Waals surface area contributed by atoms with Gasteiger partial charge in [0.2, 0.25) is 5.91 Å². The molecule has 1 aliphatic rings. The monoisotopic (exact) mass is 373 g/mol. The molecule has 146 valence electrons. The third kappa shape index (κ3) is 4.00. The van der Waals surface area contributed by atoms with E-state index in [1.807, 2.05) is 6.07 Å². The lowest BCUT2D eigenvalue weighted by Crippen LogP contribution is -2.46. The van der Waals surface area contributed by atoms with Crippen molar-refractivity contribution in [2.45, 2.75) is 46.0 Å². The van der Waals surface area contributed by atoms with E-state index in [-0.39, 0.29) is 18.9 Å². The van der Waals surface area contributed by atoms with Gasteiger partial charge in [0.15, 0.2) is 0 Å². The fraction of sp³-hybridized carbons (Fsp3) is 0.524. The average molecular weight is 373 g/mol. The molecule has 1 amide bonds. The third-order valence-corrected chi connectivity index (χ3v) is 5.54. The molecule has 0 saturated carbocycles. The second-order valence-electron chi connectivity index (χ2n) is 7.77. The molecule has 0 spiro atoms. The minimum atomic E-state index is -0.936. The number of rotatable bonds is 6. The quantitative estimate of drug-likeness (QED) is 0.810. The number of hydrogen-bond acceptors (Lipinski definition) is 4. The molecule has 0 bridgehead atoms. The van der Waals surface area contributed by atoms with Gasteiger partial charge < -0.3 is 19.6 Å². The van der Waals surface area contributed by atoms with Crippen molar-refractivity contribution in [2.75, 3.05) is 19.8 Å². The number of ether oxygens (including phenoxy) is 1. The predicted molar refractivity (Wildman–Crippen MR) is 102 cm³/mol. The Balaban J connectivity index is 1.72. The smallest absolute Gasteiger partial charge is 0.311 e. The van der Waals surface area contributed by atoms with Crippen LogP contribution in [0.4, 0.5) is 0 Å². The van der Waals surface area contributed by atoms with E-state index in [1.54, 1.807) is 6.26 Å². The number of fused-ring (bicyclic) bond motifs is 1. The molecule has 1 aliphatic heterocycles. The standard InChI is InChI=1S/C21H27NO5/c1-13(2)16-10-17-15(11-27-18(17)8-14(16)3)9-19(23)22-12-21(20(24)25)4-6-26-7-5-21/h8,10-11,13H,4-7,9,12H2,1-3H3,(H,22,23)(H,24,25). The summed E-state index contributed by atoms with van der Waals surface area (Å²) in [5.74, 6) is -0.691. The number of carbonyl (C=O) groups excluding carboxylic acids is 1. The first-order chi connectivity index (χ1) is 12.8. The molecule has 6 nitrogen and oxygen atoms in total. The van der Waals surface area contributed by atoms with Crippen molar-refractivity contribution in [1.82, 2.24) is 5.32 Å². The van der Waals surface area contributed by atoms with Crippen molar-refractivity contribution in [3.63, 3.8) is 0 Å². The molecule has 2 heterocycles. The Morgan fingerprint density at radius 1 is 1.26 bits per heavy atom. The predicted octanol–water partition coefficient (Wildman–Crippen LogP) is 3.40. The number of amides is 1. The van der Waals surface area contributed by atoms with Gasteiger partial charge in [-0.1, -0.05) is 13.8 Å². The number of benzene rings is 1. The maximum absolute atomic E-state index is 12.5. The summed E-state index contributed by atoms with van der Waals surface area (Å²) in [6.07, 6.45) is 2.61. The number of carboxylic acids is 1. The Hall–Kier alpha value is -2.34. The number of carboxylic acid groups (broad SMARTS) is 1. The highest BCUT2D eigenvalue weighted by molar-refractivity contribution is 5.89. The summed E-state index contributed by atoms with van der Waals surface area (Å²) in [4.78, 5) is 24.2. The Morgan fingerprint density at radius 3 is 2.59 bits per heavy atom. The highest BCUT2D eigenvalue weighted by atomic mass is 16.5. The molecule has 1 aromatic heterocycles. The van der Waals surface area contributed by atoms with Gasteiger partial charge in [-0.05, 0) is 48.9 Å². The molecule has 0 aliphatic carbocycles. The average Bonchev–Trinajstić information content (AvgIpc) is 3.01. The first-order valence-corrected chi connectivity index (χ1v) is 9.41. The second kappa shape index (κ2) is 7.72. The van der Waals surface area contributed by atoms with Crippen molar-refractivity contribution >= 4 is 22.8 Å². The molecule has 27 heavy (non-hydrogen) atoms. The molecule has 6 heteroatoms. The Bertz CT molecular complexity index is 846. The SMILES string of the molecule is Cc1cc2occ(CC(=O)NCC3(C(=O)O)CCOCC3)c2cc1C(C)C. The van der Waals surface area contributed by atoms with Gasteiger partial charge in [0.1, 0.15) is 5.58 Å². The normalized spacial score (nSPS) is 16.6. The summed E-state index contributed by atoms with van der Waals surface area (Å²) >= 11 is 0. The van der Waals surface area contributed by atoms with Crippen LogP contribution in [-0.2, 0) is 20.7 Å². The van der Waals surface area contributed by atoms with Crippen LogP contribution < -0.4 is 5.32 Å². The topological polar surface area (TPSA) is 88.8 Å². The maximum Gasteiger partial charge on any atom is 0.311 e. The first kappa shape index (κ1) is 19.4. The van der Waals surface area contributed by atoms with E-state index >= 15 is 0 Å². The fourth-order valence-electron chi connectivity index (χ4n) is 3.74. The molecular weight excluding hydrogens is 346 g/mol. The number of furan rings is 1. The van der Waals surface area contributed by atoms with E-state index in [0.717, 1.165) is 16.5 Å². The van der Waals surface area contributed by atoms with Gasteiger partial charge in [-0.2, -0.15) is 0 Å². The van der Waals surface area contributed by atoms with E-state index < -0.39 is 11.4 Å². The molecule has 0 unspecified atom stereocenters. The van der Waals surface area contributed by atoms with Crippen molar-refractivity contribution in [3.05, 3.63) is 35.1 Å². The van der Waals surface area contributed by atoms with Crippen LogP contribution in [0.3, 0.4) is 0 Å². The molecule has 2 N–H and O–H groups in total. The summed E-state index contributed by atoms with van der Waals surface area (Å²) in [5.41, 5.74) is 3.06. The summed E-state index contributed by atoms with van der Waals surface area (Å²) < 4.78 is 10.9. The first-order valence-electron chi connectivity index (χ1n) is 9.41. The van der Waals surface area contributed by atoms with E-state index in [4.69, 9.17) is 9.15 Å². The van der Waals surface area contributed by atoms with Crippen LogP contribution in [0.1, 0.15) is 49.3 Å². The lowest BCUT2D eigenvalue weighted by molar-refractivity contribution is -0.154. The number of carbonyl (C=O) groups is 2. The van der Waals surface area contributed by atoms with Crippen molar-refractivity contribution in [3.8, 4) is 0 Å². The molecule has 0 atom stereocenters. The molecule has 1 saturated heterocycles. The highest BCUT2D eigenvalue weighted by Crippen LogP contribution is 2.31.